The molecule has 19 heavy (non-hydrogen) atoms. The van der Waals surface area contributed by atoms with Crippen LogP contribution in [-0.2, 0) is 9.47 Å². The van der Waals surface area contributed by atoms with Gasteiger partial charge in [-0.3, -0.25) is 0 Å². The van der Waals surface area contributed by atoms with E-state index >= 15 is 0 Å². The van der Waals surface area contributed by atoms with E-state index in [4.69, 9.17) is 9.47 Å². The number of carbonyl (C=O) groups excluding carboxylic acids is 2. The number of hydrogen-bond acceptors (Lipinski definition) is 4. The number of ether oxygens (including phenoxy) is 2. The molecule has 4 heteroatoms. The lowest BCUT2D eigenvalue weighted by Gasteiger charge is -2.05. The fourth-order valence-corrected chi connectivity index (χ4v) is 1.97. The molecule has 1 aromatic rings. The van der Waals surface area contributed by atoms with Gasteiger partial charge in [0.05, 0.1) is 24.3 Å². The van der Waals surface area contributed by atoms with E-state index in [1.54, 1.807) is 24.3 Å². The molecule has 0 amide bonds. The molecule has 0 atom stereocenters. The average molecular weight is 262 g/mol. The summed E-state index contributed by atoms with van der Waals surface area (Å²) in [6, 6.07) is 6.38. The second-order valence-electron chi connectivity index (χ2n) is 4.62. The lowest BCUT2D eigenvalue weighted by molar-refractivity contribution is 0.0490. The number of hydrogen-bond donors (Lipinski definition) is 0. The minimum absolute atomic E-state index is 0.338. The van der Waals surface area contributed by atoms with Gasteiger partial charge in [0, 0.05) is 0 Å². The van der Waals surface area contributed by atoms with Crippen molar-refractivity contribution in [2.75, 3.05) is 13.2 Å². The summed E-state index contributed by atoms with van der Waals surface area (Å²) in [6.45, 7) is 0.909. The maximum atomic E-state index is 11.7. The van der Waals surface area contributed by atoms with Crippen LogP contribution >= 0.6 is 0 Å². The molecule has 0 N–H and O–H groups in total. The van der Waals surface area contributed by atoms with E-state index in [1.807, 2.05) is 0 Å². The molecule has 2 aliphatic heterocycles. The second-order valence-corrected chi connectivity index (χ2v) is 4.62. The second kappa shape index (κ2) is 6.92. The quantitative estimate of drug-likeness (QED) is 0.674. The normalized spacial score (nSPS) is 18.1. The summed E-state index contributed by atoms with van der Waals surface area (Å²) in [5, 5.41) is 0. The van der Waals surface area contributed by atoms with Crippen molar-refractivity contribution >= 4 is 11.9 Å². The number of carbonyl (C=O) groups is 2. The Bertz CT molecular complexity index is 395. The Morgan fingerprint density at radius 2 is 1.00 bits per heavy atom. The predicted octanol–water partition coefficient (Wildman–Crippen LogP) is 2.96. The monoisotopic (exact) mass is 262 g/mol. The van der Waals surface area contributed by atoms with Gasteiger partial charge in [0.25, 0.3) is 0 Å². The highest BCUT2D eigenvalue weighted by molar-refractivity contribution is 5.93. The molecular weight excluding hydrogens is 244 g/mol. The van der Waals surface area contributed by atoms with Crippen LogP contribution in [0.25, 0.3) is 0 Å². The van der Waals surface area contributed by atoms with Gasteiger partial charge in [-0.2, -0.15) is 0 Å². The first-order valence-electron chi connectivity index (χ1n) is 6.72. The number of fused-ring (bicyclic) bond motifs is 12. The average Bonchev–Trinajstić information content (AvgIpc) is 2.45. The van der Waals surface area contributed by atoms with Gasteiger partial charge < -0.3 is 9.47 Å². The third-order valence-corrected chi connectivity index (χ3v) is 3.11. The van der Waals surface area contributed by atoms with Crippen LogP contribution in [-0.4, -0.2) is 25.2 Å². The Balaban J connectivity index is 2.07. The van der Waals surface area contributed by atoms with Gasteiger partial charge >= 0.3 is 11.9 Å². The first-order chi connectivity index (χ1) is 9.27. The number of esters is 2. The largest absolute Gasteiger partial charge is 0.462 e. The Labute approximate surface area is 112 Å². The zero-order valence-electron chi connectivity index (χ0n) is 10.9. The van der Waals surface area contributed by atoms with Crippen LogP contribution < -0.4 is 0 Å². The molecule has 0 spiro atoms. The Morgan fingerprint density at radius 1 is 0.632 bits per heavy atom. The highest BCUT2D eigenvalue weighted by Crippen LogP contribution is 2.10. The summed E-state index contributed by atoms with van der Waals surface area (Å²) >= 11 is 0. The number of benzene rings is 1. The summed E-state index contributed by atoms with van der Waals surface area (Å²) in [5.74, 6) is -0.676. The maximum absolute atomic E-state index is 11.7. The third-order valence-electron chi connectivity index (χ3n) is 3.11. The van der Waals surface area contributed by atoms with Gasteiger partial charge in [-0.05, 0) is 37.1 Å². The molecule has 2 aliphatic rings. The van der Waals surface area contributed by atoms with E-state index in [-0.39, 0.29) is 11.9 Å². The highest BCUT2D eigenvalue weighted by Gasteiger charge is 2.11. The molecular formula is C15H18O4. The van der Waals surface area contributed by atoms with Crippen LogP contribution in [0.5, 0.6) is 0 Å². The molecule has 0 saturated carbocycles. The van der Waals surface area contributed by atoms with Gasteiger partial charge in [-0.15, -0.1) is 0 Å². The Morgan fingerprint density at radius 3 is 1.42 bits per heavy atom. The van der Waals surface area contributed by atoms with Crippen LogP contribution in [0.4, 0.5) is 0 Å². The highest BCUT2D eigenvalue weighted by atomic mass is 16.5. The van der Waals surface area contributed by atoms with E-state index in [1.165, 1.54) is 0 Å². The molecule has 102 valence electrons. The van der Waals surface area contributed by atoms with Crippen LogP contribution in [0, 0.1) is 0 Å². The van der Waals surface area contributed by atoms with Gasteiger partial charge in [0.2, 0.25) is 0 Å². The summed E-state index contributed by atoms with van der Waals surface area (Å²) in [5.41, 5.74) is 0.929. The van der Waals surface area contributed by atoms with E-state index < -0.39 is 0 Å². The van der Waals surface area contributed by atoms with Crippen molar-refractivity contribution in [3.05, 3.63) is 35.4 Å². The van der Waals surface area contributed by atoms with Crippen molar-refractivity contribution in [2.24, 2.45) is 0 Å². The van der Waals surface area contributed by atoms with E-state index in [2.05, 4.69) is 0 Å². The standard InChI is InChI=1S/C15H18O4/c16-14-12-6-8-13(9-7-12)15(17)19-11-5-3-1-2-4-10-18-14/h6-9H,1-5,10-11H2. The molecule has 0 aliphatic carbocycles. The maximum Gasteiger partial charge on any atom is 0.338 e. The van der Waals surface area contributed by atoms with Gasteiger partial charge in [0.1, 0.15) is 0 Å². The fraction of sp³-hybridized carbons (Fsp3) is 0.467. The van der Waals surface area contributed by atoms with Crippen molar-refractivity contribution in [1.82, 2.24) is 0 Å². The molecule has 0 saturated heterocycles. The summed E-state index contributed by atoms with van der Waals surface area (Å²) in [6.07, 6.45) is 4.88. The fourth-order valence-electron chi connectivity index (χ4n) is 1.97. The van der Waals surface area contributed by atoms with Crippen molar-refractivity contribution in [1.29, 1.82) is 0 Å². The lowest BCUT2D eigenvalue weighted by Crippen LogP contribution is -2.08. The van der Waals surface area contributed by atoms with Gasteiger partial charge in [0.15, 0.2) is 0 Å². The Kier molecular flexibility index (Phi) is 4.95. The first-order valence-corrected chi connectivity index (χ1v) is 6.72. The molecule has 0 unspecified atom stereocenters. The lowest BCUT2D eigenvalue weighted by atomic mass is 10.1. The van der Waals surface area contributed by atoms with E-state index in [9.17, 15) is 9.59 Å². The molecule has 1 aromatic carbocycles. The van der Waals surface area contributed by atoms with Crippen LogP contribution in [0.3, 0.4) is 0 Å². The van der Waals surface area contributed by atoms with Crippen molar-refractivity contribution in [3.63, 3.8) is 0 Å². The molecule has 0 radical (unpaired) electrons. The van der Waals surface area contributed by atoms with E-state index in [0.29, 0.717) is 24.3 Å². The van der Waals surface area contributed by atoms with Crippen molar-refractivity contribution in [3.8, 4) is 0 Å². The van der Waals surface area contributed by atoms with Crippen molar-refractivity contribution < 1.29 is 19.1 Å². The van der Waals surface area contributed by atoms with E-state index in [0.717, 1.165) is 32.1 Å². The van der Waals surface area contributed by atoms with Gasteiger partial charge in [-0.1, -0.05) is 19.3 Å². The topological polar surface area (TPSA) is 52.6 Å². The zero-order valence-corrected chi connectivity index (χ0v) is 10.9. The molecule has 2 bridgehead atoms. The summed E-state index contributed by atoms with van der Waals surface area (Å²) in [4.78, 5) is 23.4. The predicted molar refractivity (Wildman–Crippen MR) is 70.1 cm³/mol. The molecule has 0 aromatic heterocycles. The zero-order chi connectivity index (χ0) is 13.5. The van der Waals surface area contributed by atoms with Crippen LogP contribution in [0.1, 0.15) is 52.8 Å². The minimum Gasteiger partial charge on any atom is -0.462 e. The minimum atomic E-state index is -0.338. The van der Waals surface area contributed by atoms with Gasteiger partial charge in [-0.25, -0.2) is 9.59 Å². The first kappa shape index (κ1) is 13.6. The summed E-state index contributed by atoms with van der Waals surface area (Å²) < 4.78 is 10.3. The summed E-state index contributed by atoms with van der Waals surface area (Å²) in [7, 11) is 0. The third kappa shape index (κ3) is 4.09. The van der Waals surface area contributed by atoms with Crippen molar-refractivity contribution in [2.45, 2.75) is 32.1 Å². The SMILES string of the molecule is O=C1OCCCCCCCOC(=O)c2ccc1cc2. The Hall–Kier alpha value is -1.84. The molecule has 2 heterocycles. The molecule has 3 rings (SSSR count). The number of rotatable bonds is 0. The smallest absolute Gasteiger partial charge is 0.338 e. The molecule has 0 fully saturated rings. The van der Waals surface area contributed by atoms with Crippen LogP contribution in [0.2, 0.25) is 0 Å². The van der Waals surface area contributed by atoms with Crippen LogP contribution in [0.15, 0.2) is 24.3 Å². The molecule has 4 nitrogen and oxygen atoms in total.